The third-order valence-corrected chi connectivity index (χ3v) is 5.49. The van der Waals surface area contributed by atoms with Crippen LogP contribution in [0.4, 0.5) is 10.1 Å². The molecule has 31 heavy (non-hydrogen) atoms. The lowest BCUT2D eigenvalue weighted by Gasteiger charge is -2.34. The van der Waals surface area contributed by atoms with E-state index >= 15 is 0 Å². The first kappa shape index (κ1) is 23.2. The van der Waals surface area contributed by atoms with Gasteiger partial charge in [-0.15, -0.1) is 34.2 Å². The van der Waals surface area contributed by atoms with Crippen LogP contribution in [0, 0.1) is 5.82 Å². The molecule has 0 unspecified atom stereocenters. The number of nitrogens with one attached hydrogen (secondary N) is 2. The van der Waals surface area contributed by atoms with Crippen molar-refractivity contribution >= 4 is 41.3 Å². The van der Waals surface area contributed by atoms with Gasteiger partial charge in [-0.25, -0.2) is 4.39 Å². The predicted molar refractivity (Wildman–Crippen MR) is 133 cm³/mol. The molecule has 0 amide bonds. The molecular formula is C22H29FIN7. The van der Waals surface area contributed by atoms with Crippen LogP contribution in [0.25, 0.3) is 5.65 Å². The van der Waals surface area contributed by atoms with Crippen molar-refractivity contribution < 1.29 is 4.39 Å². The molecule has 7 nitrogen and oxygen atoms in total. The first-order valence-corrected chi connectivity index (χ1v) is 10.5. The van der Waals surface area contributed by atoms with Crippen LogP contribution in [0.1, 0.15) is 25.1 Å². The molecule has 166 valence electrons. The molecule has 0 spiro atoms. The summed E-state index contributed by atoms with van der Waals surface area (Å²) in [6.45, 7) is 2.61. The molecule has 1 aliphatic heterocycles. The van der Waals surface area contributed by atoms with Gasteiger partial charge >= 0.3 is 0 Å². The zero-order chi connectivity index (χ0) is 20.8. The number of benzene rings is 1. The third-order valence-electron chi connectivity index (χ3n) is 5.49. The fourth-order valence-electron chi connectivity index (χ4n) is 3.86. The molecule has 0 saturated carbocycles. The van der Waals surface area contributed by atoms with Gasteiger partial charge in [0, 0.05) is 51.0 Å². The Morgan fingerprint density at radius 1 is 1.16 bits per heavy atom. The fourth-order valence-corrected chi connectivity index (χ4v) is 3.86. The summed E-state index contributed by atoms with van der Waals surface area (Å²) in [6, 6.07) is 13.1. The van der Waals surface area contributed by atoms with Crippen molar-refractivity contribution in [2.24, 2.45) is 4.99 Å². The van der Waals surface area contributed by atoms with Crippen LogP contribution in [-0.4, -0.2) is 53.3 Å². The summed E-state index contributed by atoms with van der Waals surface area (Å²) >= 11 is 0. The Hall–Kier alpha value is -2.43. The summed E-state index contributed by atoms with van der Waals surface area (Å²) in [6.07, 6.45) is 5.76. The van der Waals surface area contributed by atoms with Crippen LogP contribution in [0.3, 0.4) is 0 Å². The maximum absolute atomic E-state index is 13.5. The van der Waals surface area contributed by atoms with E-state index in [9.17, 15) is 4.39 Å². The van der Waals surface area contributed by atoms with E-state index in [1.165, 1.54) is 6.07 Å². The molecule has 3 heterocycles. The maximum atomic E-state index is 13.5. The standard InChI is InChI=1S/C22H28FN7.HI/c1-24-22(25-12-5-9-21-28-27-20-8-2-3-13-30(20)21)26-18-10-14-29(15-11-18)19-7-4-6-17(23)16-19;/h2-4,6-8,13,16,18H,5,9-12,14-15H2,1H3,(H2,24,25,26);1H. The van der Waals surface area contributed by atoms with Gasteiger partial charge in [0.2, 0.25) is 0 Å². The highest BCUT2D eigenvalue weighted by atomic mass is 127. The molecule has 0 atom stereocenters. The van der Waals surface area contributed by atoms with E-state index in [4.69, 9.17) is 0 Å². The number of piperidine rings is 1. The molecule has 1 aromatic carbocycles. The minimum Gasteiger partial charge on any atom is -0.371 e. The van der Waals surface area contributed by atoms with Gasteiger partial charge in [0.15, 0.2) is 11.6 Å². The van der Waals surface area contributed by atoms with Crippen molar-refractivity contribution in [3.63, 3.8) is 0 Å². The van der Waals surface area contributed by atoms with Crippen LogP contribution >= 0.6 is 24.0 Å². The molecule has 1 aliphatic rings. The number of hydrogen-bond acceptors (Lipinski definition) is 4. The average molecular weight is 537 g/mol. The minimum absolute atomic E-state index is 0. The normalized spacial score (nSPS) is 15.0. The summed E-state index contributed by atoms with van der Waals surface area (Å²) in [4.78, 5) is 6.59. The Balaban J connectivity index is 0.00000272. The largest absolute Gasteiger partial charge is 0.371 e. The number of nitrogens with zero attached hydrogens (tertiary/aromatic N) is 5. The molecule has 2 aromatic heterocycles. The SMILES string of the molecule is CN=C(NCCCc1nnc2ccccn12)NC1CCN(c2cccc(F)c2)CC1.I. The topological polar surface area (TPSA) is 69.8 Å². The van der Waals surface area contributed by atoms with Crippen LogP contribution in [-0.2, 0) is 6.42 Å². The number of guanidine groups is 1. The van der Waals surface area contributed by atoms with Gasteiger partial charge in [-0.05, 0) is 49.6 Å². The Morgan fingerprint density at radius 3 is 2.77 bits per heavy atom. The number of aryl methyl sites for hydroxylation is 1. The highest BCUT2D eigenvalue weighted by molar-refractivity contribution is 14.0. The van der Waals surface area contributed by atoms with E-state index in [1.807, 2.05) is 34.9 Å². The second kappa shape index (κ2) is 11.3. The summed E-state index contributed by atoms with van der Waals surface area (Å²) in [5.74, 6) is 1.61. The number of aromatic nitrogens is 3. The lowest BCUT2D eigenvalue weighted by molar-refractivity contribution is 0.461. The van der Waals surface area contributed by atoms with Crippen molar-refractivity contribution in [3.8, 4) is 0 Å². The first-order valence-electron chi connectivity index (χ1n) is 10.5. The molecular weight excluding hydrogens is 508 g/mol. The fraction of sp³-hybridized carbons (Fsp3) is 0.409. The zero-order valence-corrected chi connectivity index (χ0v) is 20.0. The Morgan fingerprint density at radius 2 is 2.00 bits per heavy atom. The van der Waals surface area contributed by atoms with Crippen LogP contribution < -0.4 is 15.5 Å². The molecule has 0 bridgehead atoms. The van der Waals surface area contributed by atoms with Crippen molar-refractivity contribution in [2.45, 2.75) is 31.7 Å². The number of rotatable bonds is 6. The number of hydrogen-bond donors (Lipinski definition) is 2. The average Bonchev–Trinajstić information content (AvgIpc) is 3.19. The molecule has 2 N–H and O–H groups in total. The Kier molecular flexibility index (Phi) is 8.44. The highest BCUT2D eigenvalue weighted by Gasteiger charge is 2.20. The van der Waals surface area contributed by atoms with Gasteiger partial charge < -0.3 is 15.5 Å². The third kappa shape index (κ3) is 6.05. The van der Waals surface area contributed by atoms with Gasteiger partial charge in [0.25, 0.3) is 0 Å². The van der Waals surface area contributed by atoms with E-state index in [0.29, 0.717) is 6.04 Å². The summed E-state index contributed by atoms with van der Waals surface area (Å²) in [7, 11) is 1.79. The highest BCUT2D eigenvalue weighted by Crippen LogP contribution is 2.20. The zero-order valence-electron chi connectivity index (χ0n) is 17.7. The summed E-state index contributed by atoms with van der Waals surface area (Å²) in [5.41, 5.74) is 1.83. The van der Waals surface area contributed by atoms with Gasteiger partial charge in [-0.2, -0.15) is 0 Å². The molecule has 1 saturated heterocycles. The molecule has 1 fully saturated rings. The molecule has 0 aliphatic carbocycles. The van der Waals surface area contributed by atoms with Gasteiger partial charge in [-0.1, -0.05) is 12.1 Å². The van der Waals surface area contributed by atoms with Crippen LogP contribution in [0.5, 0.6) is 0 Å². The summed E-state index contributed by atoms with van der Waals surface area (Å²) < 4.78 is 15.5. The monoisotopic (exact) mass is 537 g/mol. The molecule has 3 aromatic rings. The lowest BCUT2D eigenvalue weighted by Crippen LogP contribution is -2.49. The summed E-state index contributed by atoms with van der Waals surface area (Å²) in [5, 5.41) is 15.4. The number of fused-ring (bicyclic) bond motifs is 1. The van der Waals surface area contributed by atoms with Gasteiger partial charge in [-0.3, -0.25) is 9.39 Å². The quantitative estimate of drug-likeness (QED) is 0.219. The van der Waals surface area contributed by atoms with Crippen molar-refractivity contribution in [2.75, 3.05) is 31.6 Å². The first-order chi connectivity index (χ1) is 14.7. The maximum Gasteiger partial charge on any atom is 0.191 e. The van der Waals surface area contributed by atoms with Crippen molar-refractivity contribution in [1.29, 1.82) is 0 Å². The number of anilines is 1. The van der Waals surface area contributed by atoms with E-state index in [1.54, 1.807) is 19.2 Å². The number of aliphatic imine (C=N–C) groups is 1. The van der Waals surface area contributed by atoms with Crippen molar-refractivity contribution in [1.82, 2.24) is 25.2 Å². The van der Waals surface area contributed by atoms with Gasteiger partial charge in [0.1, 0.15) is 11.6 Å². The second-order valence-corrected chi connectivity index (χ2v) is 7.53. The Bertz CT molecular complexity index is 998. The smallest absolute Gasteiger partial charge is 0.191 e. The predicted octanol–water partition coefficient (Wildman–Crippen LogP) is 3.25. The van der Waals surface area contributed by atoms with Gasteiger partial charge in [0.05, 0.1) is 0 Å². The number of halogens is 2. The lowest BCUT2D eigenvalue weighted by atomic mass is 10.0. The van der Waals surface area contributed by atoms with E-state index in [2.05, 4.69) is 30.7 Å². The van der Waals surface area contributed by atoms with Crippen LogP contribution in [0.15, 0.2) is 53.7 Å². The molecule has 4 rings (SSSR count). The van der Waals surface area contributed by atoms with E-state index in [0.717, 1.165) is 68.4 Å². The number of pyridine rings is 1. The van der Waals surface area contributed by atoms with Crippen molar-refractivity contribution in [3.05, 3.63) is 60.3 Å². The second-order valence-electron chi connectivity index (χ2n) is 7.53. The molecule has 0 radical (unpaired) electrons. The Labute approximate surface area is 199 Å². The minimum atomic E-state index is -0.184. The van der Waals surface area contributed by atoms with E-state index in [-0.39, 0.29) is 29.8 Å². The molecule has 9 heteroatoms. The van der Waals surface area contributed by atoms with E-state index < -0.39 is 0 Å². The van der Waals surface area contributed by atoms with Crippen LogP contribution in [0.2, 0.25) is 0 Å².